The van der Waals surface area contributed by atoms with Crippen molar-refractivity contribution >= 4 is 5.97 Å². The molecule has 0 aliphatic carbocycles. The molecule has 5 heteroatoms. The van der Waals surface area contributed by atoms with E-state index < -0.39 is 5.97 Å². The fraction of sp³-hybridized carbons (Fsp3) is 0.615. The van der Waals surface area contributed by atoms with Crippen LogP contribution < -0.4 is 0 Å². The Hall–Kier alpha value is -1.51. The van der Waals surface area contributed by atoms with Crippen molar-refractivity contribution in [3.63, 3.8) is 0 Å². The molecule has 1 fully saturated rings. The van der Waals surface area contributed by atoms with Gasteiger partial charge in [-0.15, -0.1) is 12.3 Å². The molecule has 0 amide bonds. The maximum Gasteiger partial charge on any atom is 0.333 e. The van der Waals surface area contributed by atoms with Gasteiger partial charge < -0.3 is 18.9 Å². The maximum atomic E-state index is 11.1. The van der Waals surface area contributed by atoms with Crippen LogP contribution in [0.15, 0.2) is 11.8 Å². The van der Waals surface area contributed by atoms with Crippen LogP contribution in [0.25, 0.3) is 0 Å². The number of rotatable bonds is 6. The molecule has 0 aromatic rings. The van der Waals surface area contributed by atoms with Crippen LogP contribution in [0.3, 0.4) is 0 Å². The molecule has 0 saturated carbocycles. The quantitative estimate of drug-likeness (QED) is 0.233. The Morgan fingerprint density at radius 2 is 2.39 bits per heavy atom. The number of allylic oxidation sites excluding steroid dienone is 1. The number of methoxy groups -OCH3 is 2. The van der Waals surface area contributed by atoms with E-state index in [0.717, 1.165) is 0 Å². The number of carbonyl (C=O) groups excluding carboxylic acids is 1. The summed E-state index contributed by atoms with van der Waals surface area (Å²) in [5.41, 5.74) is -0.285. The van der Waals surface area contributed by atoms with Crippen LogP contribution in [0.5, 0.6) is 0 Å². The molecule has 18 heavy (non-hydrogen) atoms. The highest BCUT2D eigenvalue weighted by molar-refractivity contribution is 5.82. The Kier molecular flexibility index (Phi) is 5.69. The van der Waals surface area contributed by atoms with Gasteiger partial charge in [-0.05, 0) is 0 Å². The monoisotopic (exact) mass is 254 g/mol. The predicted molar refractivity (Wildman–Crippen MR) is 64.4 cm³/mol. The number of hydrogen-bond donors (Lipinski definition) is 0. The van der Waals surface area contributed by atoms with Gasteiger partial charge in [0, 0.05) is 25.4 Å². The SMILES string of the molecule is C#CCC1(COCOC)CO/C(=C\C(=O)OC)C1. The molecule has 0 N–H and O–H groups in total. The van der Waals surface area contributed by atoms with Gasteiger partial charge in [0.1, 0.15) is 12.6 Å². The van der Waals surface area contributed by atoms with Gasteiger partial charge in [-0.25, -0.2) is 4.79 Å². The predicted octanol–water partition coefficient (Wildman–Crippen LogP) is 1.09. The first-order chi connectivity index (χ1) is 8.65. The van der Waals surface area contributed by atoms with Crippen LogP contribution in [-0.2, 0) is 23.7 Å². The van der Waals surface area contributed by atoms with E-state index >= 15 is 0 Å². The molecule has 1 unspecified atom stereocenters. The molecule has 1 aliphatic rings. The Labute approximate surface area is 107 Å². The number of hydrogen-bond acceptors (Lipinski definition) is 5. The lowest BCUT2D eigenvalue weighted by Crippen LogP contribution is -2.27. The van der Waals surface area contributed by atoms with Crippen LogP contribution in [-0.4, -0.2) is 40.2 Å². The van der Waals surface area contributed by atoms with Crippen molar-refractivity contribution in [2.24, 2.45) is 5.41 Å². The smallest absolute Gasteiger partial charge is 0.333 e. The fourth-order valence-electron chi connectivity index (χ4n) is 1.82. The van der Waals surface area contributed by atoms with Crippen molar-refractivity contribution in [1.82, 2.24) is 0 Å². The van der Waals surface area contributed by atoms with Crippen molar-refractivity contribution in [2.45, 2.75) is 12.8 Å². The second-order valence-electron chi connectivity index (χ2n) is 4.24. The molecule has 1 aliphatic heterocycles. The molecule has 0 radical (unpaired) electrons. The summed E-state index contributed by atoms with van der Waals surface area (Å²) in [6.45, 7) is 1.08. The maximum absolute atomic E-state index is 11.1. The van der Waals surface area contributed by atoms with Gasteiger partial charge in [0.15, 0.2) is 0 Å². The molecule has 100 valence electrons. The molecular weight excluding hydrogens is 236 g/mol. The van der Waals surface area contributed by atoms with Crippen LogP contribution in [0.4, 0.5) is 0 Å². The van der Waals surface area contributed by atoms with Gasteiger partial charge in [-0.1, -0.05) is 0 Å². The van der Waals surface area contributed by atoms with Crippen molar-refractivity contribution in [3.8, 4) is 12.3 Å². The van der Waals surface area contributed by atoms with E-state index in [9.17, 15) is 4.79 Å². The zero-order chi connectivity index (χ0) is 13.4. The average Bonchev–Trinajstić information content (AvgIpc) is 2.73. The van der Waals surface area contributed by atoms with Crippen LogP contribution in [0.2, 0.25) is 0 Å². The van der Waals surface area contributed by atoms with E-state index in [4.69, 9.17) is 20.6 Å². The normalized spacial score (nSPS) is 24.6. The zero-order valence-electron chi connectivity index (χ0n) is 10.7. The van der Waals surface area contributed by atoms with E-state index in [2.05, 4.69) is 10.7 Å². The van der Waals surface area contributed by atoms with Gasteiger partial charge in [0.25, 0.3) is 0 Å². The molecule has 0 aromatic carbocycles. The third-order valence-electron chi connectivity index (χ3n) is 2.68. The highest BCUT2D eigenvalue weighted by atomic mass is 16.7. The second kappa shape index (κ2) is 7.04. The molecule has 1 saturated heterocycles. The van der Waals surface area contributed by atoms with Gasteiger partial charge in [-0.2, -0.15) is 0 Å². The molecule has 5 nitrogen and oxygen atoms in total. The lowest BCUT2D eigenvalue weighted by molar-refractivity contribution is -0.135. The first-order valence-corrected chi connectivity index (χ1v) is 5.57. The molecule has 0 aromatic heterocycles. The fourth-order valence-corrected chi connectivity index (χ4v) is 1.82. The molecule has 1 atom stereocenters. The van der Waals surface area contributed by atoms with Crippen molar-refractivity contribution in [3.05, 3.63) is 11.8 Å². The van der Waals surface area contributed by atoms with Gasteiger partial charge >= 0.3 is 5.97 Å². The minimum atomic E-state index is -0.431. The van der Waals surface area contributed by atoms with Gasteiger partial charge in [0.2, 0.25) is 0 Å². The number of carbonyl (C=O) groups is 1. The molecule has 0 spiro atoms. The summed E-state index contributed by atoms with van der Waals surface area (Å²) in [5, 5.41) is 0. The molecule has 1 heterocycles. The van der Waals surface area contributed by atoms with E-state index in [-0.39, 0.29) is 12.2 Å². The largest absolute Gasteiger partial charge is 0.497 e. The first-order valence-electron chi connectivity index (χ1n) is 5.57. The topological polar surface area (TPSA) is 54.0 Å². The summed E-state index contributed by atoms with van der Waals surface area (Å²) in [6.07, 6.45) is 7.80. The molecule has 0 bridgehead atoms. The summed E-state index contributed by atoms with van der Waals surface area (Å²) < 4.78 is 20.2. The second-order valence-corrected chi connectivity index (χ2v) is 4.24. The lowest BCUT2D eigenvalue weighted by Gasteiger charge is -2.23. The Balaban J connectivity index is 2.63. The van der Waals surface area contributed by atoms with Crippen molar-refractivity contribution < 1.29 is 23.7 Å². The highest BCUT2D eigenvalue weighted by Gasteiger charge is 2.38. The summed E-state index contributed by atoms with van der Waals surface area (Å²) in [5.74, 6) is 2.77. The van der Waals surface area contributed by atoms with Crippen LogP contribution in [0.1, 0.15) is 12.8 Å². The van der Waals surface area contributed by atoms with Crippen LogP contribution in [0, 0.1) is 17.8 Å². The van der Waals surface area contributed by atoms with Crippen LogP contribution >= 0.6 is 0 Å². The Bertz CT molecular complexity index is 355. The van der Waals surface area contributed by atoms with Crippen molar-refractivity contribution in [2.75, 3.05) is 34.2 Å². The van der Waals surface area contributed by atoms with E-state index in [0.29, 0.717) is 31.8 Å². The van der Waals surface area contributed by atoms with E-state index in [1.807, 2.05) is 0 Å². The van der Waals surface area contributed by atoms with Gasteiger partial charge in [-0.3, -0.25) is 0 Å². The third-order valence-corrected chi connectivity index (χ3v) is 2.68. The zero-order valence-corrected chi connectivity index (χ0v) is 10.7. The number of ether oxygens (including phenoxy) is 4. The standard InChI is InChI=1S/C13H18O5/c1-4-5-13(8-17-10-15-2)7-11(18-9-13)6-12(14)16-3/h1,6H,5,7-10H2,2-3H3/b11-6-. The van der Waals surface area contributed by atoms with Gasteiger partial charge in [0.05, 0.1) is 26.4 Å². The van der Waals surface area contributed by atoms with E-state index in [1.54, 1.807) is 7.11 Å². The minimum absolute atomic E-state index is 0.211. The summed E-state index contributed by atoms with van der Waals surface area (Å²) in [7, 11) is 2.88. The van der Waals surface area contributed by atoms with E-state index in [1.165, 1.54) is 13.2 Å². The summed E-state index contributed by atoms with van der Waals surface area (Å²) in [6, 6.07) is 0. The number of terminal acetylenes is 1. The third kappa shape index (κ3) is 4.06. The Morgan fingerprint density at radius 3 is 3.00 bits per heavy atom. The minimum Gasteiger partial charge on any atom is -0.497 e. The highest BCUT2D eigenvalue weighted by Crippen LogP contribution is 2.38. The number of esters is 1. The van der Waals surface area contributed by atoms with Crippen molar-refractivity contribution in [1.29, 1.82) is 0 Å². The summed E-state index contributed by atoms with van der Waals surface area (Å²) >= 11 is 0. The lowest BCUT2D eigenvalue weighted by atomic mass is 9.84. The Morgan fingerprint density at radius 1 is 1.61 bits per heavy atom. The summed E-state index contributed by atoms with van der Waals surface area (Å²) in [4.78, 5) is 11.1. The first kappa shape index (κ1) is 14.6. The molecular formula is C13H18O5. The average molecular weight is 254 g/mol. The molecule has 1 rings (SSSR count).